The van der Waals surface area contributed by atoms with Gasteiger partial charge in [-0.3, -0.25) is 0 Å². The van der Waals surface area contributed by atoms with E-state index in [4.69, 9.17) is 20.4 Å². The number of esters is 1. The second kappa shape index (κ2) is 3.29. The first-order valence-corrected chi connectivity index (χ1v) is 3.42. The number of carbonyl (C=O) groups excluding carboxylic acids is 1. The molecule has 0 aromatic carbocycles. The fourth-order valence-electron chi connectivity index (χ4n) is 0.966. The summed E-state index contributed by atoms with van der Waals surface area (Å²) in [5, 5.41) is 35.2. The van der Waals surface area contributed by atoms with Crippen LogP contribution in [-0.4, -0.2) is 56.8 Å². The first kappa shape index (κ1) is 9.90. The molecule has 7 nitrogen and oxygen atoms in total. The predicted molar refractivity (Wildman–Crippen MR) is 35.5 cm³/mol. The lowest BCUT2D eigenvalue weighted by Crippen LogP contribution is -2.57. The lowest BCUT2D eigenvalue weighted by molar-refractivity contribution is -0.209. The summed E-state index contributed by atoms with van der Waals surface area (Å²) in [6.07, 6.45) is -7.37. The Balaban J connectivity index is 2.82. The van der Waals surface area contributed by atoms with E-state index in [-0.39, 0.29) is 0 Å². The van der Waals surface area contributed by atoms with Gasteiger partial charge in [-0.1, -0.05) is 0 Å². The minimum absolute atomic E-state index is 1.26. The standard InChI is InChI=1S/C6H8O7/c7-1-2(8)4(5(10)11)13-6(12)3(1)9/h1-4,7-9H,(H,10,11)/t1-,2-,3-,4+/m1/s1. The van der Waals surface area contributed by atoms with Crippen molar-refractivity contribution in [2.75, 3.05) is 0 Å². The molecule has 0 aromatic heterocycles. The molecule has 74 valence electrons. The van der Waals surface area contributed by atoms with Gasteiger partial charge in [0.05, 0.1) is 0 Å². The van der Waals surface area contributed by atoms with Gasteiger partial charge in [0.15, 0.2) is 6.10 Å². The molecule has 7 heteroatoms. The molecule has 1 saturated heterocycles. The Kier molecular flexibility index (Phi) is 2.50. The minimum atomic E-state index is -1.90. The Morgan fingerprint density at radius 3 is 2.23 bits per heavy atom. The molecule has 0 unspecified atom stereocenters. The minimum Gasteiger partial charge on any atom is -0.478 e. The van der Waals surface area contributed by atoms with Crippen LogP contribution in [0.1, 0.15) is 0 Å². The lowest BCUT2D eigenvalue weighted by atomic mass is 10.00. The van der Waals surface area contributed by atoms with Crippen LogP contribution in [0.3, 0.4) is 0 Å². The molecular weight excluding hydrogens is 184 g/mol. The summed E-state index contributed by atoms with van der Waals surface area (Å²) in [6, 6.07) is 0. The molecule has 1 heterocycles. The van der Waals surface area contributed by atoms with Gasteiger partial charge < -0.3 is 25.2 Å². The van der Waals surface area contributed by atoms with Crippen molar-refractivity contribution >= 4 is 11.9 Å². The zero-order chi connectivity index (χ0) is 10.2. The van der Waals surface area contributed by atoms with Crippen LogP contribution in [-0.2, 0) is 14.3 Å². The zero-order valence-electron chi connectivity index (χ0n) is 6.32. The third-order valence-corrected chi connectivity index (χ3v) is 1.71. The Morgan fingerprint density at radius 2 is 1.77 bits per heavy atom. The molecular formula is C6H8O7. The van der Waals surface area contributed by atoms with Crippen LogP contribution < -0.4 is 0 Å². The Bertz CT molecular complexity index is 237. The molecule has 1 aliphatic heterocycles. The molecule has 0 aromatic rings. The maximum Gasteiger partial charge on any atom is 0.347 e. The third kappa shape index (κ3) is 1.62. The number of cyclic esters (lactones) is 1. The predicted octanol–water partition coefficient (Wildman–Crippen LogP) is -2.92. The maximum atomic E-state index is 10.7. The topological polar surface area (TPSA) is 124 Å². The summed E-state index contributed by atoms with van der Waals surface area (Å²) in [6.45, 7) is 0. The van der Waals surface area contributed by atoms with E-state index in [0.29, 0.717) is 0 Å². The maximum absolute atomic E-state index is 10.7. The van der Waals surface area contributed by atoms with Gasteiger partial charge in [0.25, 0.3) is 0 Å². The van der Waals surface area contributed by atoms with E-state index < -0.39 is 36.4 Å². The van der Waals surface area contributed by atoms with Crippen molar-refractivity contribution < 1.29 is 34.8 Å². The zero-order valence-corrected chi connectivity index (χ0v) is 6.32. The summed E-state index contributed by atoms with van der Waals surface area (Å²) in [7, 11) is 0. The van der Waals surface area contributed by atoms with Crippen molar-refractivity contribution in [3.8, 4) is 0 Å². The number of aliphatic hydroxyl groups excluding tert-OH is 3. The fraction of sp³-hybridized carbons (Fsp3) is 0.667. The second-order valence-corrected chi connectivity index (χ2v) is 2.62. The Hall–Kier alpha value is -1.18. The molecule has 0 aliphatic carbocycles. The van der Waals surface area contributed by atoms with Crippen LogP contribution in [0.25, 0.3) is 0 Å². The van der Waals surface area contributed by atoms with E-state index in [2.05, 4.69) is 4.74 Å². The lowest BCUT2D eigenvalue weighted by Gasteiger charge is -2.31. The highest BCUT2D eigenvalue weighted by molar-refractivity contribution is 5.83. The van der Waals surface area contributed by atoms with Crippen molar-refractivity contribution in [1.82, 2.24) is 0 Å². The molecule has 0 radical (unpaired) electrons. The van der Waals surface area contributed by atoms with Crippen molar-refractivity contribution in [3.63, 3.8) is 0 Å². The van der Waals surface area contributed by atoms with Crippen molar-refractivity contribution in [3.05, 3.63) is 0 Å². The van der Waals surface area contributed by atoms with E-state index in [1.807, 2.05) is 0 Å². The highest BCUT2D eigenvalue weighted by atomic mass is 16.6. The summed E-state index contributed by atoms with van der Waals surface area (Å²) in [5.41, 5.74) is 0. The van der Waals surface area contributed by atoms with Crippen LogP contribution in [0.5, 0.6) is 0 Å². The average Bonchev–Trinajstić information content (AvgIpc) is 2.07. The Morgan fingerprint density at radius 1 is 1.23 bits per heavy atom. The van der Waals surface area contributed by atoms with Crippen LogP contribution in [0.4, 0.5) is 0 Å². The highest BCUT2D eigenvalue weighted by Crippen LogP contribution is 2.16. The van der Waals surface area contributed by atoms with Gasteiger partial charge in [0.1, 0.15) is 12.2 Å². The molecule has 0 spiro atoms. The molecule has 1 fully saturated rings. The van der Waals surface area contributed by atoms with E-state index in [0.717, 1.165) is 0 Å². The number of hydrogen-bond donors (Lipinski definition) is 4. The quantitative estimate of drug-likeness (QED) is 0.328. The number of carboxylic acids is 1. The largest absolute Gasteiger partial charge is 0.478 e. The third-order valence-electron chi connectivity index (χ3n) is 1.71. The van der Waals surface area contributed by atoms with E-state index >= 15 is 0 Å². The molecule has 1 rings (SSSR count). The molecule has 4 atom stereocenters. The highest BCUT2D eigenvalue weighted by Gasteiger charge is 2.46. The van der Waals surface area contributed by atoms with Gasteiger partial charge in [0, 0.05) is 0 Å². The summed E-state index contributed by atoms with van der Waals surface area (Å²) in [4.78, 5) is 21.0. The van der Waals surface area contributed by atoms with Crippen LogP contribution >= 0.6 is 0 Å². The molecule has 1 aliphatic rings. The summed E-state index contributed by atoms with van der Waals surface area (Å²) < 4.78 is 4.14. The molecule has 4 N–H and O–H groups in total. The number of aliphatic carboxylic acids is 1. The van der Waals surface area contributed by atoms with Gasteiger partial charge in [-0.25, -0.2) is 9.59 Å². The molecule has 0 bridgehead atoms. The van der Waals surface area contributed by atoms with Gasteiger partial charge in [-0.05, 0) is 0 Å². The number of rotatable bonds is 1. The van der Waals surface area contributed by atoms with Gasteiger partial charge in [0.2, 0.25) is 6.10 Å². The smallest absolute Gasteiger partial charge is 0.347 e. The fourth-order valence-corrected chi connectivity index (χ4v) is 0.966. The normalized spacial score (nSPS) is 39.8. The monoisotopic (exact) mass is 192 g/mol. The molecule has 0 saturated carbocycles. The number of hydrogen-bond acceptors (Lipinski definition) is 6. The van der Waals surface area contributed by atoms with Crippen LogP contribution in [0.2, 0.25) is 0 Å². The first-order chi connectivity index (χ1) is 5.95. The van der Waals surface area contributed by atoms with E-state index in [1.54, 1.807) is 0 Å². The first-order valence-electron chi connectivity index (χ1n) is 3.42. The van der Waals surface area contributed by atoms with Gasteiger partial charge in [-0.15, -0.1) is 0 Å². The van der Waals surface area contributed by atoms with Crippen LogP contribution in [0, 0.1) is 0 Å². The number of carbonyl (C=O) groups is 2. The Labute approximate surface area is 72.2 Å². The number of ether oxygens (including phenoxy) is 1. The molecule has 0 amide bonds. The number of carboxylic acid groups (broad SMARTS) is 1. The van der Waals surface area contributed by atoms with Gasteiger partial charge in [-0.2, -0.15) is 0 Å². The van der Waals surface area contributed by atoms with Crippen molar-refractivity contribution in [2.45, 2.75) is 24.4 Å². The van der Waals surface area contributed by atoms with E-state index in [9.17, 15) is 9.59 Å². The molecule has 13 heavy (non-hydrogen) atoms. The van der Waals surface area contributed by atoms with Crippen molar-refractivity contribution in [2.24, 2.45) is 0 Å². The summed E-state index contributed by atoms with van der Waals surface area (Å²) >= 11 is 0. The average molecular weight is 192 g/mol. The second-order valence-electron chi connectivity index (χ2n) is 2.62. The SMILES string of the molecule is O=C(O)[C@H]1OC(=O)[C@H](O)[C@H](O)[C@H]1O. The van der Waals surface area contributed by atoms with Crippen molar-refractivity contribution in [1.29, 1.82) is 0 Å². The number of aliphatic hydroxyl groups is 3. The van der Waals surface area contributed by atoms with Gasteiger partial charge >= 0.3 is 11.9 Å². The van der Waals surface area contributed by atoms with Crippen LogP contribution in [0.15, 0.2) is 0 Å². The van der Waals surface area contributed by atoms with E-state index in [1.165, 1.54) is 0 Å². The summed E-state index contributed by atoms with van der Waals surface area (Å²) in [5.74, 6) is -2.84.